The molecule has 1 aliphatic carbocycles. The lowest BCUT2D eigenvalue weighted by atomic mass is 9.78. The Hall–Kier alpha value is -1.06. The highest BCUT2D eigenvalue weighted by molar-refractivity contribution is 5.31. The number of hydrogen-bond donors (Lipinski definition) is 2. The van der Waals surface area contributed by atoms with Gasteiger partial charge in [-0.2, -0.15) is 0 Å². The Bertz CT molecular complexity index is 377. The first-order valence-electron chi connectivity index (χ1n) is 6.76. The molecule has 0 radical (unpaired) electrons. The lowest BCUT2D eigenvalue weighted by Gasteiger charge is -2.31. The van der Waals surface area contributed by atoms with Crippen LogP contribution in [0.5, 0.6) is 5.75 Å². The van der Waals surface area contributed by atoms with Gasteiger partial charge in [-0.3, -0.25) is 0 Å². The summed E-state index contributed by atoms with van der Waals surface area (Å²) in [5, 5.41) is 10.3. The summed E-state index contributed by atoms with van der Waals surface area (Å²) in [4.78, 5) is 0. The maximum atomic E-state index is 10.3. The Morgan fingerprint density at radius 3 is 2.78 bits per heavy atom. The van der Waals surface area contributed by atoms with Crippen molar-refractivity contribution in [3.8, 4) is 5.75 Å². The van der Waals surface area contributed by atoms with Gasteiger partial charge in [0.2, 0.25) is 0 Å². The summed E-state index contributed by atoms with van der Waals surface area (Å²) in [6, 6.07) is 7.86. The molecule has 1 aromatic rings. The van der Waals surface area contributed by atoms with Gasteiger partial charge in [-0.1, -0.05) is 31.4 Å². The molecule has 1 fully saturated rings. The van der Waals surface area contributed by atoms with Gasteiger partial charge < -0.3 is 15.6 Å². The van der Waals surface area contributed by atoms with Crippen LogP contribution in [-0.4, -0.2) is 24.9 Å². The van der Waals surface area contributed by atoms with E-state index in [-0.39, 0.29) is 12.0 Å². The van der Waals surface area contributed by atoms with Crippen LogP contribution in [0.1, 0.15) is 37.2 Å². The Morgan fingerprint density at radius 1 is 1.44 bits per heavy atom. The van der Waals surface area contributed by atoms with Crippen molar-refractivity contribution >= 4 is 0 Å². The topological polar surface area (TPSA) is 55.5 Å². The smallest absolute Gasteiger partial charge is 0.119 e. The molecule has 3 nitrogen and oxygen atoms in total. The summed E-state index contributed by atoms with van der Waals surface area (Å²) in [6.07, 6.45) is 4.36. The van der Waals surface area contributed by atoms with E-state index in [9.17, 15) is 5.11 Å². The van der Waals surface area contributed by atoms with Crippen molar-refractivity contribution in [1.29, 1.82) is 0 Å². The molecular weight excluding hydrogens is 226 g/mol. The number of aliphatic hydroxyl groups is 1. The van der Waals surface area contributed by atoms with E-state index in [1.54, 1.807) is 7.11 Å². The first-order chi connectivity index (χ1) is 8.74. The van der Waals surface area contributed by atoms with E-state index in [0.717, 1.165) is 17.7 Å². The minimum absolute atomic E-state index is 0.0145. The molecule has 0 saturated heterocycles. The van der Waals surface area contributed by atoms with Crippen LogP contribution in [0.4, 0.5) is 0 Å². The molecule has 2 atom stereocenters. The molecule has 0 aliphatic heterocycles. The zero-order valence-corrected chi connectivity index (χ0v) is 11.0. The average Bonchev–Trinajstić information content (AvgIpc) is 2.35. The van der Waals surface area contributed by atoms with Crippen molar-refractivity contribution in [2.45, 2.75) is 37.7 Å². The van der Waals surface area contributed by atoms with Gasteiger partial charge in [-0.25, -0.2) is 0 Å². The second kappa shape index (κ2) is 6.21. The fraction of sp³-hybridized carbons (Fsp3) is 0.600. The third kappa shape index (κ3) is 3.03. The van der Waals surface area contributed by atoms with Gasteiger partial charge in [0.25, 0.3) is 0 Å². The van der Waals surface area contributed by atoms with Gasteiger partial charge in [0.05, 0.1) is 13.2 Å². The molecule has 1 aliphatic rings. The third-order valence-electron chi connectivity index (χ3n) is 4.04. The van der Waals surface area contributed by atoms with Crippen molar-refractivity contribution < 1.29 is 9.84 Å². The summed E-state index contributed by atoms with van der Waals surface area (Å²) >= 11 is 0. The Labute approximate surface area is 109 Å². The fourth-order valence-corrected chi connectivity index (χ4v) is 2.62. The van der Waals surface area contributed by atoms with Crippen LogP contribution in [0.15, 0.2) is 24.3 Å². The Morgan fingerprint density at radius 2 is 2.22 bits per heavy atom. The monoisotopic (exact) mass is 249 g/mol. The number of hydrogen-bond acceptors (Lipinski definition) is 3. The molecule has 1 aromatic carbocycles. The summed E-state index contributed by atoms with van der Waals surface area (Å²) in [5.74, 6) is 1.53. The van der Waals surface area contributed by atoms with E-state index < -0.39 is 0 Å². The highest BCUT2D eigenvalue weighted by Crippen LogP contribution is 2.34. The average molecular weight is 249 g/mol. The van der Waals surface area contributed by atoms with Crippen LogP contribution in [0.3, 0.4) is 0 Å². The minimum atomic E-state index is -0.340. The first kappa shape index (κ1) is 13.4. The van der Waals surface area contributed by atoms with E-state index in [0.29, 0.717) is 12.5 Å². The van der Waals surface area contributed by atoms with Crippen molar-refractivity contribution in [1.82, 2.24) is 0 Å². The molecule has 0 heterocycles. The van der Waals surface area contributed by atoms with Gasteiger partial charge in [0, 0.05) is 12.5 Å². The maximum absolute atomic E-state index is 10.3. The lowest BCUT2D eigenvalue weighted by Crippen LogP contribution is -2.29. The summed E-state index contributed by atoms with van der Waals surface area (Å²) < 4.78 is 5.22. The van der Waals surface area contributed by atoms with Gasteiger partial charge >= 0.3 is 0 Å². The van der Waals surface area contributed by atoms with Gasteiger partial charge in [-0.15, -0.1) is 0 Å². The predicted molar refractivity (Wildman–Crippen MR) is 72.8 cm³/mol. The number of nitrogens with two attached hydrogens (primary N) is 1. The zero-order chi connectivity index (χ0) is 13.0. The van der Waals surface area contributed by atoms with Crippen molar-refractivity contribution in [2.75, 3.05) is 13.7 Å². The number of aliphatic hydroxyl groups excluding tert-OH is 1. The van der Waals surface area contributed by atoms with Gasteiger partial charge in [0.1, 0.15) is 5.75 Å². The predicted octanol–water partition coefficient (Wildman–Crippen LogP) is 2.29. The van der Waals surface area contributed by atoms with Crippen LogP contribution in [0.2, 0.25) is 0 Å². The molecular formula is C15H23NO2. The molecule has 100 valence electrons. The second-order valence-corrected chi connectivity index (χ2v) is 5.22. The summed E-state index contributed by atoms with van der Waals surface area (Å²) in [6.45, 7) is 0.473. The molecule has 0 amide bonds. The van der Waals surface area contributed by atoms with Gasteiger partial charge in [-0.05, 0) is 30.0 Å². The molecule has 1 saturated carbocycles. The number of ether oxygens (including phenoxy) is 1. The van der Waals surface area contributed by atoms with Crippen LogP contribution >= 0.6 is 0 Å². The highest BCUT2D eigenvalue weighted by Gasteiger charge is 2.26. The minimum Gasteiger partial charge on any atom is -0.497 e. The molecule has 18 heavy (non-hydrogen) atoms. The molecule has 3 heteroatoms. The molecule has 0 aromatic heterocycles. The normalized spacial score (nSPS) is 19.1. The lowest BCUT2D eigenvalue weighted by molar-refractivity contribution is 0.0951. The van der Waals surface area contributed by atoms with E-state index in [1.165, 1.54) is 19.3 Å². The van der Waals surface area contributed by atoms with Crippen molar-refractivity contribution in [3.63, 3.8) is 0 Å². The first-order valence-corrected chi connectivity index (χ1v) is 6.76. The number of methoxy groups -OCH3 is 1. The maximum Gasteiger partial charge on any atom is 0.119 e. The SMILES string of the molecule is COc1cccc(C(CN)C(O)CC2CCC2)c1. The second-order valence-electron chi connectivity index (χ2n) is 5.22. The Balaban J connectivity index is 2.05. The van der Waals surface area contributed by atoms with E-state index in [4.69, 9.17) is 10.5 Å². The Kier molecular flexibility index (Phi) is 4.61. The molecule has 3 N–H and O–H groups in total. The van der Waals surface area contributed by atoms with E-state index in [1.807, 2.05) is 24.3 Å². The quantitative estimate of drug-likeness (QED) is 0.813. The third-order valence-corrected chi connectivity index (χ3v) is 4.04. The van der Waals surface area contributed by atoms with Crippen molar-refractivity contribution in [3.05, 3.63) is 29.8 Å². The number of benzene rings is 1. The van der Waals surface area contributed by atoms with E-state index in [2.05, 4.69) is 0 Å². The van der Waals surface area contributed by atoms with E-state index >= 15 is 0 Å². The standard InChI is InChI=1S/C15H23NO2/c1-18-13-7-3-6-12(9-13)14(10-16)15(17)8-11-4-2-5-11/h3,6-7,9,11,14-15,17H,2,4-5,8,10,16H2,1H3. The summed E-state index contributed by atoms with van der Waals surface area (Å²) in [5.41, 5.74) is 6.90. The zero-order valence-electron chi connectivity index (χ0n) is 11.0. The molecule has 0 bridgehead atoms. The summed E-state index contributed by atoms with van der Waals surface area (Å²) in [7, 11) is 1.65. The van der Waals surface area contributed by atoms with Crippen molar-refractivity contribution in [2.24, 2.45) is 11.7 Å². The largest absolute Gasteiger partial charge is 0.497 e. The van der Waals surface area contributed by atoms with Crippen LogP contribution < -0.4 is 10.5 Å². The molecule has 0 spiro atoms. The van der Waals surface area contributed by atoms with Crippen LogP contribution in [0.25, 0.3) is 0 Å². The van der Waals surface area contributed by atoms with Gasteiger partial charge in [0.15, 0.2) is 0 Å². The van der Waals surface area contributed by atoms with Crippen LogP contribution in [0, 0.1) is 5.92 Å². The fourth-order valence-electron chi connectivity index (χ4n) is 2.62. The van der Waals surface area contributed by atoms with Crippen LogP contribution in [-0.2, 0) is 0 Å². The molecule has 2 rings (SSSR count). The highest BCUT2D eigenvalue weighted by atomic mass is 16.5. The molecule has 2 unspecified atom stereocenters. The number of rotatable bonds is 6.